The van der Waals surface area contributed by atoms with Crippen LogP contribution in [0.15, 0.2) is 34.3 Å². The van der Waals surface area contributed by atoms with E-state index in [2.05, 4.69) is 22.1 Å². The Hall–Kier alpha value is -1.88. The fourth-order valence-corrected chi connectivity index (χ4v) is 2.72. The number of hydrogen-bond acceptors (Lipinski definition) is 4. The Morgan fingerprint density at radius 3 is 3.00 bits per heavy atom. The van der Waals surface area contributed by atoms with Gasteiger partial charge in [-0.3, -0.25) is 14.4 Å². The maximum absolute atomic E-state index is 11.2. The summed E-state index contributed by atoms with van der Waals surface area (Å²) in [5.74, 6) is 0.803. The maximum atomic E-state index is 11.2. The first kappa shape index (κ1) is 12.2. The quantitative estimate of drug-likeness (QED) is 0.623. The summed E-state index contributed by atoms with van der Waals surface area (Å²) in [7, 11) is 0. The van der Waals surface area contributed by atoms with Gasteiger partial charge in [-0.15, -0.1) is 11.8 Å². The molecule has 0 aliphatic carbocycles. The number of imidazole rings is 1. The predicted octanol–water partition coefficient (Wildman–Crippen LogP) is 2.73. The maximum Gasteiger partial charge on any atom is 0.168 e. The van der Waals surface area contributed by atoms with Crippen molar-refractivity contribution in [1.29, 1.82) is 0 Å². The molecular weight excluding hydrogens is 258 g/mol. The van der Waals surface area contributed by atoms with Gasteiger partial charge < -0.3 is 0 Å². The number of thioether (sulfide) groups is 1. The van der Waals surface area contributed by atoms with Gasteiger partial charge in [-0.1, -0.05) is 0 Å². The lowest BCUT2D eigenvalue weighted by Gasteiger charge is -2.12. The van der Waals surface area contributed by atoms with Crippen LogP contribution in [0.4, 0.5) is 0 Å². The van der Waals surface area contributed by atoms with E-state index in [1.807, 2.05) is 23.8 Å². The summed E-state index contributed by atoms with van der Waals surface area (Å²) < 4.78 is 1.90. The Balaban J connectivity index is 2.31. The highest BCUT2D eigenvalue weighted by molar-refractivity contribution is 7.98. The highest BCUT2D eigenvalue weighted by atomic mass is 32.2. The number of carbonyl (C=O) groups excluding carboxylic acids is 1. The number of fused-ring (bicyclic) bond motifs is 3. The van der Waals surface area contributed by atoms with E-state index in [-0.39, 0.29) is 0 Å². The molecule has 0 unspecified atom stereocenters. The highest BCUT2D eigenvalue weighted by Crippen LogP contribution is 2.27. The topological polar surface area (TPSA) is 47.2 Å². The third-order valence-corrected chi connectivity index (χ3v) is 4.00. The Morgan fingerprint density at radius 1 is 1.42 bits per heavy atom. The van der Waals surface area contributed by atoms with E-state index in [4.69, 9.17) is 0 Å². The lowest BCUT2D eigenvalue weighted by molar-refractivity contribution is 0.111. The summed E-state index contributed by atoms with van der Waals surface area (Å²) in [4.78, 5) is 21.2. The number of carbonyl (C=O) groups is 1. The van der Waals surface area contributed by atoms with Crippen molar-refractivity contribution in [3.05, 3.63) is 41.5 Å². The van der Waals surface area contributed by atoms with E-state index in [0.29, 0.717) is 12.2 Å². The molecule has 0 bridgehead atoms. The fourth-order valence-electron chi connectivity index (χ4n) is 2.28. The van der Waals surface area contributed by atoms with Gasteiger partial charge in [-0.05, 0) is 31.4 Å². The standard InChI is InChI=1S/C14H13N3OS/c1-9-12-5-11(19-2)3-4-13(12)17-10(8-18)6-16-14(17)7-15-9/h3-6,8H,7H2,1-2H3. The fraction of sp³-hybridized carbons (Fsp3) is 0.214. The predicted molar refractivity (Wildman–Crippen MR) is 76.6 cm³/mol. The summed E-state index contributed by atoms with van der Waals surface area (Å²) in [5.41, 5.74) is 3.59. The Labute approximate surface area is 115 Å². The Kier molecular flexibility index (Phi) is 2.98. The van der Waals surface area contributed by atoms with E-state index >= 15 is 0 Å². The average Bonchev–Trinajstić information content (AvgIpc) is 2.81. The van der Waals surface area contributed by atoms with Crippen LogP contribution >= 0.6 is 11.8 Å². The molecule has 2 aromatic rings. The molecule has 96 valence electrons. The number of aldehydes is 1. The second-order valence-electron chi connectivity index (χ2n) is 4.34. The summed E-state index contributed by atoms with van der Waals surface area (Å²) in [6, 6.07) is 6.20. The Morgan fingerprint density at radius 2 is 2.26 bits per heavy atom. The van der Waals surface area contributed by atoms with Crippen molar-refractivity contribution in [2.45, 2.75) is 18.4 Å². The normalized spacial score (nSPS) is 13.3. The largest absolute Gasteiger partial charge is 0.296 e. The molecule has 0 radical (unpaired) electrons. The third kappa shape index (κ3) is 1.90. The number of benzene rings is 1. The molecule has 2 heterocycles. The van der Waals surface area contributed by atoms with Crippen LogP contribution in [-0.2, 0) is 6.54 Å². The van der Waals surface area contributed by atoms with E-state index in [9.17, 15) is 4.79 Å². The minimum absolute atomic E-state index is 0.503. The first-order valence-electron chi connectivity index (χ1n) is 5.96. The van der Waals surface area contributed by atoms with Gasteiger partial charge in [0, 0.05) is 16.2 Å². The molecule has 0 spiro atoms. The molecule has 0 fully saturated rings. The zero-order valence-corrected chi connectivity index (χ0v) is 11.6. The van der Waals surface area contributed by atoms with Gasteiger partial charge in [0.1, 0.15) is 11.5 Å². The molecular formula is C14H13N3OS. The molecule has 4 nitrogen and oxygen atoms in total. The van der Waals surface area contributed by atoms with Gasteiger partial charge in [0.05, 0.1) is 18.4 Å². The summed E-state index contributed by atoms with van der Waals surface area (Å²) in [6.07, 6.45) is 4.48. The Bertz CT molecular complexity index is 688. The molecule has 0 saturated heterocycles. The molecule has 1 aliphatic rings. The van der Waals surface area contributed by atoms with Crippen LogP contribution in [0.1, 0.15) is 28.8 Å². The first-order chi connectivity index (χ1) is 9.24. The van der Waals surface area contributed by atoms with Crippen molar-refractivity contribution < 1.29 is 4.79 Å². The van der Waals surface area contributed by atoms with E-state index in [0.717, 1.165) is 29.1 Å². The summed E-state index contributed by atoms with van der Waals surface area (Å²) in [6.45, 7) is 2.50. The molecule has 0 amide bonds. The molecule has 0 N–H and O–H groups in total. The number of rotatable bonds is 2. The highest BCUT2D eigenvalue weighted by Gasteiger charge is 2.18. The lowest BCUT2D eigenvalue weighted by atomic mass is 10.1. The molecule has 1 aromatic heterocycles. The third-order valence-electron chi connectivity index (χ3n) is 3.27. The summed E-state index contributed by atoms with van der Waals surface area (Å²) >= 11 is 1.69. The number of nitrogens with zero attached hydrogens (tertiary/aromatic N) is 3. The van der Waals surface area contributed by atoms with Crippen LogP contribution in [0, 0.1) is 0 Å². The molecule has 1 aromatic carbocycles. The number of aromatic nitrogens is 2. The van der Waals surface area contributed by atoms with Gasteiger partial charge >= 0.3 is 0 Å². The van der Waals surface area contributed by atoms with Crippen LogP contribution in [0.25, 0.3) is 5.69 Å². The molecule has 0 saturated carbocycles. The second-order valence-corrected chi connectivity index (χ2v) is 5.22. The van der Waals surface area contributed by atoms with E-state index < -0.39 is 0 Å². The van der Waals surface area contributed by atoms with Crippen molar-refractivity contribution in [3.8, 4) is 5.69 Å². The van der Waals surface area contributed by atoms with Gasteiger partial charge in [-0.2, -0.15) is 0 Å². The average molecular weight is 271 g/mol. The van der Waals surface area contributed by atoms with Crippen LogP contribution < -0.4 is 0 Å². The molecule has 0 atom stereocenters. The zero-order valence-electron chi connectivity index (χ0n) is 10.8. The van der Waals surface area contributed by atoms with Crippen molar-refractivity contribution >= 4 is 23.8 Å². The molecule has 1 aliphatic heterocycles. The number of hydrogen-bond donors (Lipinski definition) is 0. The van der Waals surface area contributed by atoms with Crippen molar-refractivity contribution in [2.75, 3.05) is 6.26 Å². The molecule has 19 heavy (non-hydrogen) atoms. The van der Waals surface area contributed by atoms with Gasteiger partial charge in [0.15, 0.2) is 6.29 Å². The first-order valence-corrected chi connectivity index (χ1v) is 7.18. The van der Waals surface area contributed by atoms with Gasteiger partial charge in [0.25, 0.3) is 0 Å². The monoisotopic (exact) mass is 271 g/mol. The van der Waals surface area contributed by atoms with Crippen molar-refractivity contribution in [2.24, 2.45) is 4.99 Å². The smallest absolute Gasteiger partial charge is 0.168 e. The second kappa shape index (κ2) is 4.66. The van der Waals surface area contributed by atoms with Crippen LogP contribution in [0.5, 0.6) is 0 Å². The van der Waals surface area contributed by atoms with E-state index in [1.165, 1.54) is 4.90 Å². The zero-order chi connectivity index (χ0) is 13.4. The van der Waals surface area contributed by atoms with Crippen LogP contribution in [0.3, 0.4) is 0 Å². The summed E-state index contributed by atoms with van der Waals surface area (Å²) in [5, 5.41) is 0. The van der Waals surface area contributed by atoms with Crippen LogP contribution in [0.2, 0.25) is 0 Å². The van der Waals surface area contributed by atoms with Crippen LogP contribution in [-0.4, -0.2) is 27.8 Å². The van der Waals surface area contributed by atoms with Crippen molar-refractivity contribution in [1.82, 2.24) is 9.55 Å². The SMILES string of the molecule is CSc1ccc2c(c1)C(C)=NCc1ncc(C=O)n1-2. The van der Waals surface area contributed by atoms with Gasteiger partial charge in [-0.25, -0.2) is 4.98 Å². The van der Waals surface area contributed by atoms with Gasteiger partial charge in [0.2, 0.25) is 0 Å². The minimum atomic E-state index is 0.503. The van der Waals surface area contributed by atoms with Crippen molar-refractivity contribution in [3.63, 3.8) is 0 Å². The molecule has 3 rings (SSSR count). The van der Waals surface area contributed by atoms with E-state index in [1.54, 1.807) is 18.0 Å². The molecule has 5 heteroatoms. The minimum Gasteiger partial charge on any atom is -0.296 e. The number of aliphatic imine (C=N–C) groups is 1. The lowest BCUT2D eigenvalue weighted by Crippen LogP contribution is -2.06.